The fraction of sp³-hybridized carbons (Fsp3) is 0. The van der Waals surface area contributed by atoms with E-state index in [1.807, 2.05) is 0 Å². The van der Waals surface area contributed by atoms with Crippen LogP contribution in [-0.4, -0.2) is 34.1 Å². The van der Waals surface area contributed by atoms with Crippen molar-refractivity contribution in [3.05, 3.63) is 83.5 Å². The van der Waals surface area contributed by atoms with Gasteiger partial charge in [0.25, 0.3) is 0 Å². The molecule has 0 spiro atoms. The zero-order valence-electron chi connectivity index (χ0n) is 14.9. The van der Waals surface area contributed by atoms with Gasteiger partial charge in [0, 0.05) is 12.2 Å². The van der Waals surface area contributed by atoms with Gasteiger partial charge in [0.05, 0.1) is 0 Å². The molecule has 10 heteroatoms. The maximum absolute atomic E-state index is 13.1. The first kappa shape index (κ1) is 22.0. The molecule has 2 aromatic rings. The van der Waals surface area contributed by atoms with Crippen molar-refractivity contribution in [2.45, 2.75) is 0 Å². The van der Waals surface area contributed by atoms with Gasteiger partial charge in [-0.15, -0.1) is 0 Å². The fourth-order valence-corrected chi connectivity index (χ4v) is 2.07. The topological polar surface area (TPSA) is 127 Å². The average Bonchev–Trinajstić information content (AvgIpc) is 2.67. The Bertz CT molecular complexity index is 987. The lowest BCUT2D eigenvalue weighted by atomic mass is 10.2. The standard InChI is InChI=1S/C20H12F2O8/c21-11-5-7-15(13(9-11)19(25)26)29-17(23)3-1-2-4-18(24)30-16-8-6-12(22)10-14(16)20(27)28/h1-10H,(H,25,26)(H,27,28). The van der Waals surface area contributed by atoms with Crippen LogP contribution >= 0.6 is 0 Å². The third-order valence-electron chi connectivity index (χ3n) is 3.34. The first-order valence-electron chi connectivity index (χ1n) is 8.01. The number of esters is 2. The van der Waals surface area contributed by atoms with E-state index in [2.05, 4.69) is 0 Å². The van der Waals surface area contributed by atoms with E-state index in [0.717, 1.165) is 48.6 Å². The number of carbonyl (C=O) groups excluding carboxylic acids is 2. The number of carboxylic acids is 2. The first-order valence-corrected chi connectivity index (χ1v) is 8.01. The molecule has 30 heavy (non-hydrogen) atoms. The second-order valence-corrected chi connectivity index (χ2v) is 5.45. The van der Waals surface area contributed by atoms with Crippen LogP contribution in [0.3, 0.4) is 0 Å². The Hall–Kier alpha value is -4.34. The number of carbonyl (C=O) groups is 4. The van der Waals surface area contributed by atoms with Crippen molar-refractivity contribution in [2.75, 3.05) is 0 Å². The van der Waals surface area contributed by atoms with Crippen molar-refractivity contribution in [1.82, 2.24) is 0 Å². The lowest BCUT2D eigenvalue weighted by Gasteiger charge is -2.05. The number of rotatable bonds is 7. The highest BCUT2D eigenvalue weighted by Crippen LogP contribution is 2.21. The lowest BCUT2D eigenvalue weighted by Crippen LogP contribution is -2.09. The summed E-state index contributed by atoms with van der Waals surface area (Å²) in [5, 5.41) is 17.9. The Labute approximate surface area is 167 Å². The van der Waals surface area contributed by atoms with Crippen molar-refractivity contribution >= 4 is 23.9 Å². The minimum atomic E-state index is -1.49. The summed E-state index contributed by atoms with van der Waals surface area (Å²) in [5.74, 6) is -7.40. The van der Waals surface area contributed by atoms with E-state index in [4.69, 9.17) is 19.7 Å². The maximum atomic E-state index is 13.1. The number of aromatic carboxylic acids is 2. The molecule has 0 saturated heterocycles. The second kappa shape index (κ2) is 9.73. The Morgan fingerprint density at radius 3 is 1.40 bits per heavy atom. The minimum absolute atomic E-state index is 0.376. The molecular formula is C20H12F2O8. The van der Waals surface area contributed by atoms with Crippen LogP contribution in [0.15, 0.2) is 60.7 Å². The number of halogens is 2. The molecule has 0 bridgehead atoms. The van der Waals surface area contributed by atoms with Gasteiger partial charge in [0.2, 0.25) is 0 Å². The van der Waals surface area contributed by atoms with Gasteiger partial charge in [-0.3, -0.25) is 0 Å². The predicted octanol–water partition coefficient (Wildman–Crippen LogP) is 2.98. The molecular weight excluding hydrogens is 406 g/mol. The van der Waals surface area contributed by atoms with Gasteiger partial charge >= 0.3 is 23.9 Å². The van der Waals surface area contributed by atoms with Crippen LogP contribution in [0, 0.1) is 11.6 Å². The predicted molar refractivity (Wildman–Crippen MR) is 96.3 cm³/mol. The molecule has 2 rings (SSSR count). The molecule has 2 aromatic carbocycles. The molecule has 8 nitrogen and oxygen atoms in total. The molecule has 0 atom stereocenters. The summed E-state index contributed by atoms with van der Waals surface area (Å²) in [4.78, 5) is 45.5. The fourth-order valence-electron chi connectivity index (χ4n) is 2.07. The Morgan fingerprint density at radius 2 is 1.07 bits per heavy atom. The first-order chi connectivity index (χ1) is 14.2. The van der Waals surface area contributed by atoms with Crippen LogP contribution in [0.4, 0.5) is 8.78 Å². The van der Waals surface area contributed by atoms with Crippen molar-refractivity contribution in [3.8, 4) is 11.5 Å². The third kappa shape index (κ3) is 6.09. The van der Waals surface area contributed by atoms with E-state index in [0.29, 0.717) is 12.1 Å². The summed E-state index contributed by atoms with van der Waals surface area (Å²) in [6.07, 6.45) is 3.82. The molecule has 0 aliphatic rings. The quantitative estimate of drug-likeness (QED) is 0.304. The van der Waals surface area contributed by atoms with Crippen LogP contribution in [0.1, 0.15) is 20.7 Å². The summed E-state index contributed by atoms with van der Waals surface area (Å²) in [7, 11) is 0. The van der Waals surface area contributed by atoms with Gasteiger partial charge in [-0.2, -0.15) is 0 Å². The highest BCUT2D eigenvalue weighted by Gasteiger charge is 2.15. The average molecular weight is 418 g/mol. The second-order valence-electron chi connectivity index (χ2n) is 5.45. The molecule has 0 aliphatic carbocycles. The van der Waals surface area contributed by atoms with E-state index in [1.54, 1.807) is 0 Å². The number of carboxylic acid groups (broad SMARTS) is 2. The summed E-state index contributed by atoms with van der Waals surface area (Å²) in [6, 6.07) is 5.14. The SMILES string of the molecule is O=C(C=CC=CC(=O)Oc1ccc(F)cc1C(=O)O)Oc1ccc(F)cc1C(=O)O. The third-order valence-corrected chi connectivity index (χ3v) is 3.34. The molecule has 0 fully saturated rings. The summed E-state index contributed by atoms with van der Waals surface area (Å²) < 4.78 is 35.8. The maximum Gasteiger partial charge on any atom is 0.339 e. The summed E-state index contributed by atoms with van der Waals surface area (Å²) in [6.45, 7) is 0. The van der Waals surface area contributed by atoms with Crippen molar-refractivity contribution in [3.63, 3.8) is 0 Å². The number of benzene rings is 2. The van der Waals surface area contributed by atoms with Gasteiger partial charge in [0.1, 0.15) is 34.3 Å². The van der Waals surface area contributed by atoms with Gasteiger partial charge < -0.3 is 19.7 Å². The van der Waals surface area contributed by atoms with Gasteiger partial charge in [-0.05, 0) is 36.4 Å². The number of ether oxygens (including phenoxy) is 2. The van der Waals surface area contributed by atoms with Crippen molar-refractivity contribution < 1.29 is 47.6 Å². The molecule has 0 unspecified atom stereocenters. The monoisotopic (exact) mass is 418 g/mol. The van der Waals surface area contributed by atoms with E-state index < -0.39 is 46.6 Å². The van der Waals surface area contributed by atoms with Crippen LogP contribution in [0.25, 0.3) is 0 Å². The Morgan fingerprint density at radius 1 is 0.700 bits per heavy atom. The van der Waals surface area contributed by atoms with Crippen molar-refractivity contribution in [1.29, 1.82) is 0 Å². The number of hydrogen-bond acceptors (Lipinski definition) is 6. The van der Waals surface area contributed by atoms with Crippen LogP contribution in [0.5, 0.6) is 11.5 Å². The Balaban J connectivity index is 1.99. The van der Waals surface area contributed by atoms with E-state index >= 15 is 0 Å². The molecule has 2 N–H and O–H groups in total. The molecule has 0 saturated carbocycles. The largest absolute Gasteiger partial charge is 0.478 e. The smallest absolute Gasteiger partial charge is 0.339 e. The minimum Gasteiger partial charge on any atom is -0.478 e. The lowest BCUT2D eigenvalue weighted by molar-refractivity contribution is -0.130. The zero-order valence-corrected chi connectivity index (χ0v) is 14.9. The highest BCUT2D eigenvalue weighted by atomic mass is 19.1. The van der Waals surface area contributed by atoms with E-state index in [-0.39, 0.29) is 11.5 Å². The number of allylic oxidation sites excluding steroid dienone is 2. The highest BCUT2D eigenvalue weighted by molar-refractivity contribution is 5.94. The summed E-state index contributed by atoms with van der Waals surface area (Å²) >= 11 is 0. The van der Waals surface area contributed by atoms with Crippen LogP contribution in [-0.2, 0) is 9.59 Å². The Kier molecular flexibility index (Phi) is 7.12. The van der Waals surface area contributed by atoms with E-state index in [1.165, 1.54) is 0 Å². The van der Waals surface area contributed by atoms with Crippen LogP contribution in [0.2, 0.25) is 0 Å². The summed E-state index contributed by atoms with van der Waals surface area (Å²) in [5.41, 5.74) is -1.10. The van der Waals surface area contributed by atoms with Gasteiger partial charge in [-0.1, -0.05) is 12.2 Å². The molecule has 154 valence electrons. The van der Waals surface area contributed by atoms with Crippen LogP contribution < -0.4 is 9.47 Å². The van der Waals surface area contributed by atoms with Gasteiger partial charge in [-0.25, -0.2) is 28.0 Å². The molecule has 0 heterocycles. The molecule has 0 aromatic heterocycles. The number of hydrogen-bond donors (Lipinski definition) is 2. The van der Waals surface area contributed by atoms with Crippen molar-refractivity contribution in [2.24, 2.45) is 0 Å². The molecule has 0 amide bonds. The molecule has 0 radical (unpaired) electrons. The van der Waals surface area contributed by atoms with Gasteiger partial charge in [0.15, 0.2) is 0 Å². The zero-order chi connectivity index (χ0) is 22.3. The van der Waals surface area contributed by atoms with E-state index in [9.17, 15) is 28.0 Å². The molecule has 0 aliphatic heterocycles. The normalized spacial score (nSPS) is 10.9.